The molecule has 0 atom stereocenters. The molecule has 71 valence electrons. The summed E-state index contributed by atoms with van der Waals surface area (Å²) >= 11 is 0. The SMILES string of the molecule is C=COS(=O)(=O)Cc1ccccc1.[K]. The van der Waals surface area contributed by atoms with E-state index in [9.17, 15) is 8.42 Å². The molecule has 0 bridgehead atoms. The van der Waals surface area contributed by atoms with Crippen LogP contribution in [0.15, 0.2) is 43.2 Å². The maximum absolute atomic E-state index is 11.1. The van der Waals surface area contributed by atoms with E-state index in [1.54, 1.807) is 24.3 Å². The van der Waals surface area contributed by atoms with Gasteiger partial charge in [-0.1, -0.05) is 36.9 Å². The summed E-state index contributed by atoms with van der Waals surface area (Å²) in [5.74, 6) is -0.125. The Kier molecular flexibility index (Phi) is 6.93. The summed E-state index contributed by atoms with van der Waals surface area (Å²) in [5, 5.41) is 0. The molecule has 1 radical (unpaired) electrons. The molecule has 0 aliphatic carbocycles. The van der Waals surface area contributed by atoms with Gasteiger partial charge in [0.2, 0.25) is 0 Å². The second-order valence-corrected chi connectivity index (χ2v) is 4.05. The fourth-order valence-electron chi connectivity index (χ4n) is 0.916. The van der Waals surface area contributed by atoms with Crippen LogP contribution in [0.4, 0.5) is 0 Å². The Bertz CT molecular complexity index is 372. The van der Waals surface area contributed by atoms with E-state index in [4.69, 9.17) is 0 Å². The Morgan fingerprint density at radius 1 is 1.29 bits per heavy atom. The van der Waals surface area contributed by atoms with Crippen molar-refractivity contribution in [1.29, 1.82) is 0 Å². The van der Waals surface area contributed by atoms with Crippen LogP contribution in [0.1, 0.15) is 5.56 Å². The zero-order chi connectivity index (χ0) is 9.73. The maximum Gasteiger partial charge on any atom is 0.312 e. The summed E-state index contributed by atoms with van der Waals surface area (Å²) < 4.78 is 26.6. The summed E-state index contributed by atoms with van der Waals surface area (Å²) in [6.45, 7) is 3.19. The minimum atomic E-state index is -3.50. The zero-order valence-electron chi connectivity index (χ0n) is 8.01. The van der Waals surface area contributed by atoms with Crippen LogP contribution < -0.4 is 0 Å². The normalized spacial score (nSPS) is 10.0. The second kappa shape index (κ2) is 6.76. The first-order valence-electron chi connectivity index (χ1n) is 3.70. The van der Waals surface area contributed by atoms with Gasteiger partial charge in [0.1, 0.15) is 5.75 Å². The third-order valence-corrected chi connectivity index (χ3v) is 2.52. The first kappa shape index (κ1) is 14.3. The summed E-state index contributed by atoms with van der Waals surface area (Å²) in [6, 6.07) is 8.83. The predicted octanol–water partition coefficient (Wildman–Crippen LogP) is 1.30. The van der Waals surface area contributed by atoms with Gasteiger partial charge in [-0.2, -0.15) is 8.42 Å². The molecule has 5 heteroatoms. The van der Waals surface area contributed by atoms with E-state index >= 15 is 0 Å². The molecule has 0 N–H and O–H groups in total. The van der Waals surface area contributed by atoms with Gasteiger partial charge in [-0.15, -0.1) is 0 Å². The molecule has 1 aromatic carbocycles. The van der Waals surface area contributed by atoms with Gasteiger partial charge in [-0.25, -0.2) is 0 Å². The van der Waals surface area contributed by atoms with Gasteiger partial charge in [0.05, 0.1) is 6.26 Å². The van der Waals surface area contributed by atoms with Crippen LogP contribution in [-0.4, -0.2) is 59.8 Å². The van der Waals surface area contributed by atoms with Crippen molar-refractivity contribution in [3.63, 3.8) is 0 Å². The molecule has 0 spiro atoms. The van der Waals surface area contributed by atoms with E-state index in [-0.39, 0.29) is 57.1 Å². The van der Waals surface area contributed by atoms with Gasteiger partial charge < -0.3 is 4.18 Å². The van der Waals surface area contributed by atoms with Crippen LogP contribution in [0.25, 0.3) is 0 Å². The van der Waals surface area contributed by atoms with E-state index in [2.05, 4.69) is 10.8 Å². The largest absolute Gasteiger partial charge is 0.391 e. The van der Waals surface area contributed by atoms with Crippen molar-refractivity contribution in [2.45, 2.75) is 5.75 Å². The van der Waals surface area contributed by atoms with Crippen molar-refractivity contribution in [2.24, 2.45) is 0 Å². The molecule has 0 aromatic heterocycles. The number of hydrogen-bond acceptors (Lipinski definition) is 3. The maximum atomic E-state index is 11.1. The minimum Gasteiger partial charge on any atom is -0.391 e. The standard InChI is InChI=1S/C9H10O3S.K/c1-2-12-13(10,11)8-9-6-4-3-5-7-9;/h2-7H,1,8H2;. The summed E-state index contributed by atoms with van der Waals surface area (Å²) in [6.07, 6.45) is 0.915. The topological polar surface area (TPSA) is 43.4 Å². The van der Waals surface area contributed by atoms with Gasteiger partial charge in [0.25, 0.3) is 0 Å². The average Bonchev–Trinajstić information content (AvgIpc) is 2.04. The van der Waals surface area contributed by atoms with Crippen LogP contribution in [-0.2, 0) is 20.1 Å². The number of benzene rings is 1. The van der Waals surface area contributed by atoms with E-state index < -0.39 is 10.1 Å². The van der Waals surface area contributed by atoms with Crippen LogP contribution in [0, 0.1) is 0 Å². The minimum absolute atomic E-state index is 0. The molecular weight excluding hydrogens is 227 g/mol. The molecule has 0 saturated heterocycles. The van der Waals surface area contributed by atoms with Crippen molar-refractivity contribution in [2.75, 3.05) is 0 Å². The van der Waals surface area contributed by atoms with E-state index in [1.807, 2.05) is 6.07 Å². The molecule has 0 unspecified atom stereocenters. The van der Waals surface area contributed by atoms with Gasteiger partial charge in [-0.05, 0) is 5.56 Å². The van der Waals surface area contributed by atoms with Crippen molar-refractivity contribution < 1.29 is 12.6 Å². The average molecular weight is 237 g/mol. The molecule has 1 aromatic rings. The molecule has 0 amide bonds. The monoisotopic (exact) mass is 237 g/mol. The van der Waals surface area contributed by atoms with Crippen LogP contribution in [0.5, 0.6) is 0 Å². The van der Waals surface area contributed by atoms with Crippen molar-refractivity contribution in [3.8, 4) is 0 Å². The van der Waals surface area contributed by atoms with Crippen molar-refractivity contribution >= 4 is 61.5 Å². The third kappa shape index (κ3) is 5.28. The molecule has 0 aliphatic rings. The summed E-state index contributed by atoms with van der Waals surface area (Å²) in [7, 11) is -3.50. The van der Waals surface area contributed by atoms with Crippen LogP contribution >= 0.6 is 0 Å². The van der Waals surface area contributed by atoms with Gasteiger partial charge in [0.15, 0.2) is 0 Å². The number of hydrogen-bond donors (Lipinski definition) is 0. The predicted molar refractivity (Wildman–Crippen MR) is 56.1 cm³/mol. The van der Waals surface area contributed by atoms with E-state index in [1.165, 1.54) is 0 Å². The Morgan fingerprint density at radius 3 is 2.36 bits per heavy atom. The molecule has 14 heavy (non-hydrogen) atoms. The van der Waals surface area contributed by atoms with E-state index in [0.29, 0.717) is 5.56 Å². The third-order valence-electron chi connectivity index (χ3n) is 1.40. The molecular formula is C9H10KO3S. The second-order valence-electron chi connectivity index (χ2n) is 2.45. The van der Waals surface area contributed by atoms with Gasteiger partial charge in [0, 0.05) is 51.4 Å². The van der Waals surface area contributed by atoms with Gasteiger partial charge in [-0.3, -0.25) is 0 Å². The smallest absolute Gasteiger partial charge is 0.312 e. The fourth-order valence-corrected chi connectivity index (χ4v) is 1.79. The summed E-state index contributed by atoms with van der Waals surface area (Å²) in [4.78, 5) is 0. The fraction of sp³-hybridized carbons (Fsp3) is 0.111. The zero-order valence-corrected chi connectivity index (χ0v) is 12.0. The molecule has 0 fully saturated rings. The first-order chi connectivity index (χ1) is 6.14. The van der Waals surface area contributed by atoms with Crippen LogP contribution in [0.3, 0.4) is 0 Å². The van der Waals surface area contributed by atoms with Crippen molar-refractivity contribution in [1.82, 2.24) is 0 Å². The Morgan fingerprint density at radius 2 is 1.86 bits per heavy atom. The first-order valence-corrected chi connectivity index (χ1v) is 5.27. The van der Waals surface area contributed by atoms with Crippen LogP contribution in [0.2, 0.25) is 0 Å². The molecule has 0 saturated carbocycles. The molecule has 1 rings (SSSR count). The Balaban J connectivity index is 0.00000169. The Hall–Kier alpha value is 0.346. The quantitative estimate of drug-likeness (QED) is 0.450. The van der Waals surface area contributed by atoms with Crippen molar-refractivity contribution in [3.05, 3.63) is 48.7 Å². The summed E-state index contributed by atoms with van der Waals surface area (Å²) in [5.41, 5.74) is 0.698. The molecule has 3 nitrogen and oxygen atoms in total. The Labute approximate surface area is 127 Å². The number of rotatable bonds is 4. The van der Waals surface area contributed by atoms with E-state index in [0.717, 1.165) is 6.26 Å². The molecule has 0 heterocycles. The van der Waals surface area contributed by atoms with Gasteiger partial charge >= 0.3 is 10.1 Å². The molecule has 0 aliphatic heterocycles.